The molecule has 0 aliphatic carbocycles. The standard InChI is InChI=1S/C18H17N5O3/c1-11-7-17(23-26-11)22-18(25)13-8-16(10-19-9-13)21-15-5-3-14(4-6-15)20-12(2)24/h3-10,21H,1-2H3,(H,20,24)(H,22,23,25). The van der Waals surface area contributed by atoms with Gasteiger partial charge in [-0.05, 0) is 37.3 Å². The van der Waals surface area contributed by atoms with Crippen molar-refractivity contribution in [3.63, 3.8) is 0 Å². The molecule has 3 aromatic rings. The van der Waals surface area contributed by atoms with Crippen LogP contribution in [0.15, 0.2) is 53.3 Å². The van der Waals surface area contributed by atoms with Crippen molar-refractivity contribution in [2.75, 3.05) is 16.0 Å². The van der Waals surface area contributed by atoms with Gasteiger partial charge in [-0.15, -0.1) is 0 Å². The molecular formula is C18H17N5O3. The van der Waals surface area contributed by atoms with Crippen molar-refractivity contribution in [2.45, 2.75) is 13.8 Å². The quantitative estimate of drug-likeness (QED) is 0.650. The lowest BCUT2D eigenvalue weighted by atomic mass is 10.2. The third kappa shape index (κ3) is 4.44. The molecule has 0 spiro atoms. The number of rotatable bonds is 5. The summed E-state index contributed by atoms with van der Waals surface area (Å²) in [5.41, 5.74) is 2.54. The van der Waals surface area contributed by atoms with E-state index >= 15 is 0 Å². The van der Waals surface area contributed by atoms with Gasteiger partial charge in [0.2, 0.25) is 5.91 Å². The number of benzene rings is 1. The van der Waals surface area contributed by atoms with E-state index < -0.39 is 0 Å². The molecule has 0 aliphatic heterocycles. The van der Waals surface area contributed by atoms with E-state index in [4.69, 9.17) is 4.52 Å². The topological polar surface area (TPSA) is 109 Å². The lowest BCUT2D eigenvalue weighted by molar-refractivity contribution is -0.114. The fourth-order valence-electron chi connectivity index (χ4n) is 2.25. The van der Waals surface area contributed by atoms with Crippen molar-refractivity contribution in [3.05, 3.63) is 60.1 Å². The molecule has 0 radical (unpaired) electrons. The first-order valence-electron chi connectivity index (χ1n) is 7.84. The Kier molecular flexibility index (Phi) is 4.93. The summed E-state index contributed by atoms with van der Waals surface area (Å²) in [5.74, 6) is 0.488. The highest BCUT2D eigenvalue weighted by molar-refractivity contribution is 6.04. The Morgan fingerprint density at radius 2 is 1.69 bits per heavy atom. The van der Waals surface area contributed by atoms with Gasteiger partial charge in [-0.2, -0.15) is 0 Å². The highest BCUT2D eigenvalue weighted by Gasteiger charge is 2.10. The smallest absolute Gasteiger partial charge is 0.258 e. The van der Waals surface area contributed by atoms with Crippen LogP contribution in [0.5, 0.6) is 0 Å². The minimum absolute atomic E-state index is 0.129. The molecule has 0 unspecified atom stereocenters. The molecule has 0 bridgehead atoms. The van der Waals surface area contributed by atoms with Crippen molar-refractivity contribution in [2.24, 2.45) is 0 Å². The molecule has 0 aliphatic rings. The number of carbonyl (C=O) groups excluding carboxylic acids is 2. The highest BCUT2D eigenvalue weighted by atomic mass is 16.5. The molecule has 2 heterocycles. The number of nitrogens with zero attached hydrogens (tertiary/aromatic N) is 2. The second kappa shape index (κ2) is 7.47. The fraction of sp³-hybridized carbons (Fsp3) is 0.111. The van der Waals surface area contributed by atoms with Crippen LogP contribution in [-0.2, 0) is 4.79 Å². The Morgan fingerprint density at radius 1 is 0.962 bits per heavy atom. The summed E-state index contributed by atoms with van der Waals surface area (Å²) in [6.07, 6.45) is 3.08. The molecule has 1 aromatic carbocycles. The summed E-state index contributed by atoms with van der Waals surface area (Å²) in [4.78, 5) is 27.4. The zero-order valence-electron chi connectivity index (χ0n) is 14.2. The Morgan fingerprint density at radius 3 is 2.35 bits per heavy atom. The number of carbonyl (C=O) groups is 2. The molecule has 26 heavy (non-hydrogen) atoms. The predicted octanol–water partition coefficient (Wildman–Crippen LogP) is 3.33. The lowest BCUT2D eigenvalue weighted by Crippen LogP contribution is -2.12. The van der Waals surface area contributed by atoms with E-state index in [1.165, 1.54) is 13.1 Å². The number of nitrogens with one attached hydrogen (secondary N) is 3. The summed E-state index contributed by atoms with van der Waals surface area (Å²) in [6, 6.07) is 10.5. The first-order valence-corrected chi connectivity index (χ1v) is 7.84. The normalized spacial score (nSPS) is 10.2. The van der Waals surface area contributed by atoms with Crippen LogP contribution in [0.4, 0.5) is 22.9 Å². The highest BCUT2D eigenvalue weighted by Crippen LogP contribution is 2.19. The number of hydrogen-bond donors (Lipinski definition) is 3. The zero-order chi connectivity index (χ0) is 18.5. The van der Waals surface area contributed by atoms with Crippen molar-refractivity contribution in [1.29, 1.82) is 0 Å². The van der Waals surface area contributed by atoms with Crippen molar-refractivity contribution >= 4 is 34.7 Å². The minimum Gasteiger partial charge on any atom is -0.360 e. The maximum absolute atomic E-state index is 12.3. The summed E-state index contributed by atoms with van der Waals surface area (Å²) in [6.45, 7) is 3.20. The molecule has 8 nitrogen and oxygen atoms in total. The van der Waals surface area contributed by atoms with Gasteiger partial charge in [0.25, 0.3) is 5.91 Å². The first-order chi connectivity index (χ1) is 12.5. The number of aryl methyl sites for hydroxylation is 1. The Hall–Kier alpha value is -3.68. The predicted molar refractivity (Wildman–Crippen MR) is 97.5 cm³/mol. The Balaban J connectivity index is 1.68. The molecule has 132 valence electrons. The molecule has 2 aromatic heterocycles. The van der Waals surface area contributed by atoms with Crippen LogP contribution in [0.1, 0.15) is 23.0 Å². The molecular weight excluding hydrogens is 334 g/mol. The molecule has 3 rings (SSSR count). The third-order valence-corrected chi connectivity index (χ3v) is 3.36. The number of amides is 2. The first kappa shape index (κ1) is 17.2. The maximum Gasteiger partial charge on any atom is 0.258 e. The monoisotopic (exact) mass is 351 g/mol. The van der Waals surface area contributed by atoms with Gasteiger partial charge in [0.1, 0.15) is 5.76 Å². The van der Waals surface area contributed by atoms with Gasteiger partial charge < -0.3 is 20.5 Å². The van der Waals surface area contributed by atoms with E-state index in [0.29, 0.717) is 28.5 Å². The lowest BCUT2D eigenvalue weighted by Gasteiger charge is -2.09. The number of aromatic nitrogens is 2. The minimum atomic E-state index is -0.338. The van der Waals surface area contributed by atoms with Crippen LogP contribution >= 0.6 is 0 Å². The molecule has 2 amide bonds. The van der Waals surface area contributed by atoms with Gasteiger partial charge in [-0.25, -0.2) is 0 Å². The summed E-state index contributed by atoms with van der Waals surface area (Å²) in [5, 5.41) is 12.2. The van der Waals surface area contributed by atoms with Crippen molar-refractivity contribution in [1.82, 2.24) is 10.1 Å². The SMILES string of the molecule is CC(=O)Nc1ccc(Nc2cncc(C(=O)Nc3cc(C)on3)c2)cc1. The summed E-state index contributed by atoms with van der Waals surface area (Å²) in [7, 11) is 0. The molecule has 0 fully saturated rings. The number of anilines is 4. The summed E-state index contributed by atoms with van der Waals surface area (Å²) < 4.78 is 4.92. The van der Waals surface area contributed by atoms with Gasteiger partial charge in [0, 0.05) is 30.6 Å². The van der Waals surface area contributed by atoms with E-state index in [1.54, 1.807) is 37.4 Å². The van der Waals surface area contributed by atoms with Crippen LogP contribution in [0.2, 0.25) is 0 Å². The Bertz CT molecular complexity index is 934. The van der Waals surface area contributed by atoms with Crippen LogP contribution in [0.25, 0.3) is 0 Å². The average molecular weight is 351 g/mol. The van der Waals surface area contributed by atoms with Crippen LogP contribution < -0.4 is 16.0 Å². The van der Waals surface area contributed by atoms with E-state index in [0.717, 1.165) is 5.69 Å². The molecule has 8 heteroatoms. The second-order valence-corrected chi connectivity index (χ2v) is 5.62. The van der Waals surface area contributed by atoms with E-state index in [2.05, 4.69) is 26.1 Å². The van der Waals surface area contributed by atoms with Crippen molar-refractivity contribution < 1.29 is 14.1 Å². The molecule has 3 N–H and O–H groups in total. The van der Waals surface area contributed by atoms with E-state index in [9.17, 15) is 9.59 Å². The summed E-state index contributed by atoms with van der Waals surface area (Å²) >= 11 is 0. The van der Waals surface area contributed by atoms with Gasteiger partial charge in [0.15, 0.2) is 5.82 Å². The molecule has 0 saturated carbocycles. The van der Waals surface area contributed by atoms with Gasteiger partial charge in [-0.3, -0.25) is 14.6 Å². The Labute approximate surface area is 149 Å². The van der Waals surface area contributed by atoms with Gasteiger partial charge in [-0.1, -0.05) is 5.16 Å². The number of pyridine rings is 1. The van der Waals surface area contributed by atoms with Crippen LogP contribution in [0.3, 0.4) is 0 Å². The van der Waals surface area contributed by atoms with E-state index in [1.807, 2.05) is 12.1 Å². The average Bonchev–Trinajstić information content (AvgIpc) is 3.01. The van der Waals surface area contributed by atoms with Gasteiger partial charge >= 0.3 is 0 Å². The van der Waals surface area contributed by atoms with Crippen molar-refractivity contribution in [3.8, 4) is 0 Å². The third-order valence-electron chi connectivity index (χ3n) is 3.36. The number of hydrogen-bond acceptors (Lipinski definition) is 6. The zero-order valence-corrected chi connectivity index (χ0v) is 14.2. The van der Waals surface area contributed by atoms with Crippen LogP contribution in [0, 0.1) is 6.92 Å². The van der Waals surface area contributed by atoms with Crippen LogP contribution in [-0.4, -0.2) is 22.0 Å². The van der Waals surface area contributed by atoms with Gasteiger partial charge in [0.05, 0.1) is 17.4 Å². The molecule has 0 atom stereocenters. The fourth-order valence-corrected chi connectivity index (χ4v) is 2.25. The van der Waals surface area contributed by atoms with E-state index in [-0.39, 0.29) is 11.8 Å². The largest absolute Gasteiger partial charge is 0.360 e. The maximum atomic E-state index is 12.3. The second-order valence-electron chi connectivity index (χ2n) is 5.62. The molecule has 0 saturated heterocycles.